The van der Waals surface area contributed by atoms with Gasteiger partial charge in [-0.1, -0.05) is 12.1 Å². The number of rotatable bonds is 6. The SMILES string of the molecule is CCNC(=O)[C@@H]1C[C@H](NC(=O)c2ccccc2O)CN1Cc1ccc(C)o1. The van der Waals surface area contributed by atoms with E-state index in [0.717, 1.165) is 11.5 Å². The van der Waals surface area contributed by atoms with Gasteiger partial charge in [0.25, 0.3) is 5.91 Å². The summed E-state index contributed by atoms with van der Waals surface area (Å²) in [5.41, 5.74) is 0.229. The van der Waals surface area contributed by atoms with Gasteiger partial charge in [-0.15, -0.1) is 0 Å². The Hall–Kier alpha value is -2.80. The maximum Gasteiger partial charge on any atom is 0.255 e. The van der Waals surface area contributed by atoms with Crippen molar-refractivity contribution in [3.05, 3.63) is 53.5 Å². The Labute approximate surface area is 158 Å². The summed E-state index contributed by atoms with van der Waals surface area (Å²) in [5.74, 6) is 1.15. The minimum atomic E-state index is -0.344. The summed E-state index contributed by atoms with van der Waals surface area (Å²) in [6.45, 7) is 5.34. The summed E-state index contributed by atoms with van der Waals surface area (Å²) in [6.07, 6.45) is 0.505. The molecule has 0 bridgehead atoms. The summed E-state index contributed by atoms with van der Waals surface area (Å²) in [5, 5.41) is 15.7. The highest BCUT2D eigenvalue weighted by molar-refractivity contribution is 5.97. The normalized spacial score (nSPS) is 19.8. The molecule has 2 atom stereocenters. The van der Waals surface area contributed by atoms with Crippen LogP contribution in [0.15, 0.2) is 40.8 Å². The number of para-hydroxylation sites is 1. The largest absolute Gasteiger partial charge is 0.507 e. The van der Waals surface area contributed by atoms with Gasteiger partial charge in [-0.3, -0.25) is 14.5 Å². The predicted octanol–water partition coefficient (Wildman–Crippen LogP) is 1.80. The van der Waals surface area contributed by atoms with E-state index in [0.29, 0.717) is 26.1 Å². The quantitative estimate of drug-likeness (QED) is 0.720. The van der Waals surface area contributed by atoms with Crippen LogP contribution in [0.2, 0.25) is 0 Å². The third-order valence-corrected chi connectivity index (χ3v) is 4.70. The monoisotopic (exact) mass is 371 g/mol. The molecule has 2 aromatic rings. The van der Waals surface area contributed by atoms with Gasteiger partial charge in [0.05, 0.1) is 18.2 Å². The molecule has 1 aromatic carbocycles. The van der Waals surface area contributed by atoms with Crippen molar-refractivity contribution in [3.63, 3.8) is 0 Å². The molecule has 1 aliphatic heterocycles. The minimum Gasteiger partial charge on any atom is -0.507 e. The van der Waals surface area contributed by atoms with Crippen molar-refractivity contribution in [1.82, 2.24) is 15.5 Å². The highest BCUT2D eigenvalue weighted by atomic mass is 16.3. The molecule has 3 rings (SSSR count). The van der Waals surface area contributed by atoms with E-state index in [9.17, 15) is 14.7 Å². The van der Waals surface area contributed by atoms with Gasteiger partial charge in [0.2, 0.25) is 5.91 Å². The van der Waals surface area contributed by atoms with Crippen LogP contribution in [0.5, 0.6) is 5.75 Å². The maximum absolute atomic E-state index is 12.5. The van der Waals surface area contributed by atoms with Crippen molar-refractivity contribution >= 4 is 11.8 Å². The van der Waals surface area contributed by atoms with Crippen LogP contribution in [0.4, 0.5) is 0 Å². The van der Waals surface area contributed by atoms with E-state index < -0.39 is 0 Å². The number of likely N-dealkylation sites (N-methyl/N-ethyl adjacent to an activating group) is 1. The molecule has 7 heteroatoms. The van der Waals surface area contributed by atoms with Crippen LogP contribution in [-0.2, 0) is 11.3 Å². The van der Waals surface area contributed by atoms with Gasteiger partial charge in [-0.25, -0.2) is 0 Å². The number of nitrogens with one attached hydrogen (secondary N) is 2. The van der Waals surface area contributed by atoms with Crippen molar-refractivity contribution in [2.75, 3.05) is 13.1 Å². The van der Waals surface area contributed by atoms with Crippen LogP contribution < -0.4 is 10.6 Å². The molecule has 2 amide bonds. The summed E-state index contributed by atoms with van der Waals surface area (Å²) in [6, 6.07) is 9.68. The second-order valence-electron chi connectivity index (χ2n) is 6.78. The molecule has 144 valence electrons. The topological polar surface area (TPSA) is 94.8 Å². The number of phenolic OH excluding ortho intramolecular Hbond substituents is 1. The van der Waals surface area contributed by atoms with Crippen LogP contribution in [0.25, 0.3) is 0 Å². The first kappa shape index (κ1) is 19.0. The minimum absolute atomic E-state index is 0.0555. The lowest BCUT2D eigenvalue weighted by atomic mass is 10.1. The third-order valence-electron chi connectivity index (χ3n) is 4.70. The van der Waals surface area contributed by atoms with Crippen molar-refractivity contribution in [3.8, 4) is 5.75 Å². The molecular formula is C20H25N3O4. The molecule has 1 aliphatic rings. The van der Waals surface area contributed by atoms with Crippen LogP contribution >= 0.6 is 0 Å². The number of carbonyl (C=O) groups is 2. The average Bonchev–Trinajstić information content (AvgIpc) is 3.22. The predicted molar refractivity (Wildman–Crippen MR) is 100 cm³/mol. The fraction of sp³-hybridized carbons (Fsp3) is 0.400. The second-order valence-corrected chi connectivity index (χ2v) is 6.78. The first-order chi connectivity index (χ1) is 13.0. The van der Waals surface area contributed by atoms with E-state index in [2.05, 4.69) is 10.6 Å². The van der Waals surface area contributed by atoms with Crippen LogP contribution in [0, 0.1) is 6.92 Å². The Morgan fingerprint density at radius 2 is 2.04 bits per heavy atom. The van der Waals surface area contributed by atoms with Crippen molar-refractivity contribution in [1.29, 1.82) is 0 Å². The van der Waals surface area contributed by atoms with Crippen LogP contribution in [-0.4, -0.2) is 47.0 Å². The Morgan fingerprint density at radius 3 is 2.70 bits per heavy atom. The molecule has 1 saturated heterocycles. The molecule has 0 radical (unpaired) electrons. The van der Waals surface area contributed by atoms with Gasteiger partial charge in [-0.05, 0) is 44.5 Å². The number of likely N-dealkylation sites (tertiary alicyclic amines) is 1. The second kappa shape index (κ2) is 8.26. The van der Waals surface area contributed by atoms with Crippen molar-refractivity contribution in [2.24, 2.45) is 0 Å². The number of aryl methyl sites for hydroxylation is 1. The van der Waals surface area contributed by atoms with E-state index in [-0.39, 0.29) is 35.2 Å². The molecule has 1 aromatic heterocycles. The molecule has 3 N–H and O–H groups in total. The Bertz CT molecular complexity index is 817. The number of phenols is 1. The lowest BCUT2D eigenvalue weighted by Crippen LogP contribution is -2.42. The average molecular weight is 371 g/mol. The number of nitrogens with zero attached hydrogens (tertiary/aromatic N) is 1. The van der Waals surface area contributed by atoms with Gasteiger partial charge in [-0.2, -0.15) is 0 Å². The molecule has 2 heterocycles. The summed E-state index contributed by atoms with van der Waals surface area (Å²) in [4.78, 5) is 27.0. The molecule has 27 heavy (non-hydrogen) atoms. The summed E-state index contributed by atoms with van der Waals surface area (Å²) < 4.78 is 5.64. The number of amides is 2. The fourth-order valence-corrected chi connectivity index (χ4v) is 3.45. The van der Waals surface area contributed by atoms with E-state index in [1.54, 1.807) is 18.2 Å². The maximum atomic E-state index is 12.5. The van der Waals surface area contributed by atoms with Gasteiger partial charge < -0.3 is 20.2 Å². The van der Waals surface area contributed by atoms with Gasteiger partial charge in [0.1, 0.15) is 17.3 Å². The lowest BCUT2D eigenvalue weighted by Gasteiger charge is -2.22. The van der Waals surface area contributed by atoms with Crippen LogP contribution in [0.1, 0.15) is 35.2 Å². The Morgan fingerprint density at radius 1 is 1.26 bits per heavy atom. The zero-order valence-electron chi connectivity index (χ0n) is 15.6. The van der Waals surface area contributed by atoms with Crippen molar-refractivity contribution in [2.45, 2.75) is 38.9 Å². The number of hydrogen-bond acceptors (Lipinski definition) is 5. The number of benzene rings is 1. The smallest absolute Gasteiger partial charge is 0.255 e. The molecule has 7 nitrogen and oxygen atoms in total. The van der Waals surface area contributed by atoms with Crippen LogP contribution in [0.3, 0.4) is 0 Å². The first-order valence-corrected chi connectivity index (χ1v) is 9.14. The number of hydrogen-bond donors (Lipinski definition) is 3. The zero-order chi connectivity index (χ0) is 19.4. The number of furan rings is 1. The van der Waals surface area contributed by atoms with Gasteiger partial charge in [0, 0.05) is 19.1 Å². The van der Waals surface area contributed by atoms with E-state index in [1.807, 2.05) is 30.9 Å². The zero-order valence-corrected chi connectivity index (χ0v) is 15.6. The lowest BCUT2D eigenvalue weighted by molar-refractivity contribution is -0.125. The van der Waals surface area contributed by atoms with E-state index in [4.69, 9.17) is 4.42 Å². The van der Waals surface area contributed by atoms with E-state index in [1.165, 1.54) is 6.07 Å². The van der Waals surface area contributed by atoms with E-state index >= 15 is 0 Å². The molecule has 0 saturated carbocycles. The standard InChI is InChI=1S/C20H25N3O4/c1-3-21-20(26)17-10-14(11-23(17)12-15-9-8-13(2)27-15)22-19(25)16-6-4-5-7-18(16)24/h4-9,14,17,24H,3,10-12H2,1-2H3,(H,21,26)(H,22,25)/t14-,17-/m0/s1. The number of carbonyl (C=O) groups excluding carboxylic acids is 2. The molecular weight excluding hydrogens is 346 g/mol. The fourth-order valence-electron chi connectivity index (χ4n) is 3.45. The Kier molecular flexibility index (Phi) is 5.81. The molecule has 1 fully saturated rings. The van der Waals surface area contributed by atoms with Crippen molar-refractivity contribution < 1.29 is 19.1 Å². The summed E-state index contributed by atoms with van der Waals surface area (Å²) in [7, 11) is 0. The highest BCUT2D eigenvalue weighted by Gasteiger charge is 2.37. The van der Waals surface area contributed by atoms with Gasteiger partial charge >= 0.3 is 0 Å². The molecule has 0 spiro atoms. The number of aromatic hydroxyl groups is 1. The molecule has 0 unspecified atom stereocenters. The first-order valence-electron chi connectivity index (χ1n) is 9.14. The third kappa shape index (κ3) is 4.49. The summed E-state index contributed by atoms with van der Waals surface area (Å²) >= 11 is 0. The molecule has 0 aliphatic carbocycles. The van der Waals surface area contributed by atoms with Gasteiger partial charge in [0.15, 0.2) is 0 Å². The Balaban J connectivity index is 1.71. The highest BCUT2D eigenvalue weighted by Crippen LogP contribution is 2.23.